The molecule has 2 aromatic rings. The molecule has 6 nitrogen and oxygen atoms in total. The zero-order valence-corrected chi connectivity index (χ0v) is 16.8. The van der Waals surface area contributed by atoms with E-state index < -0.39 is 27.7 Å². The summed E-state index contributed by atoms with van der Waals surface area (Å²) in [6.45, 7) is 2.83. The average Bonchev–Trinajstić information content (AvgIpc) is 2.68. The van der Waals surface area contributed by atoms with Gasteiger partial charge in [-0.05, 0) is 62.2 Å². The van der Waals surface area contributed by atoms with Gasteiger partial charge in [0.25, 0.3) is 0 Å². The maximum Gasteiger partial charge on any atom is 0.241 e. The fraction of sp³-hybridized carbons (Fsp3) is 0.350. The largest absolute Gasteiger partial charge is 0.325 e. The van der Waals surface area contributed by atoms with Gasteiger partial charge in [-0.2, -0.15) is 0 Å². The van der Waals surface area contributed by atoms with Crippen molar-refractivity contribution in [3.63, 3.8) is 0 Å². The van der Waals surface area contributed by atoms with Crippen LogP contribution < -0.4 is 10.0 Å². The fourth-order valence-electron chi connectivity index (χ4n) is 3.28. The molecule has 1 heterocycles. The van der Waals surface area contributed by atoms with Crippen molar-refractivity contribution in [2.45, 2.75) is 36.7 Å². The van der Waals surface area contributed by atoms with E-state index in [0.29, 0.717) is 31.6 Å². The number of piperidine rings is 1. The number of carbonyl (C=O) groups is 1. The summed E-state index contributed by atoms with van der Waals surface area (Å²) in [4.78, 5) is 14.4. The molecule has 0 aliphatic carbocycles. The van der Waals surface area contributed by atoms with E-state index in [-0.39, 0.29) is 16.8 Å². The third kappa shape index (κ3) is 5.59. The molecule has 0 bridgehead atoms. The van der Waals surface area contributed by atoms with Crippen LogP contribution in [0.25, 0.3) is 0 Å². The second-order valence-corrected chi connectivity index (χ2v) is 8.78. The zero-order chi connectivity index (χ0) is 21.0. The highest BCUT2D eigenvalue weighted by Gasteiger charge is 2.29. The van der Waals surface area contributed by atoms with E-state index in [1.54, 1.807) is 13.0 Å². The molecule has 0 saturated carbocycles. The number of amides is 1. The Kier molecular flexibility index (Phi) is 6.61. The lowest BCUT2D eigenvalue weighted by atomic mass is 10.0. The Balaban J connectivity index is 1.53. The summed E-state index contributed by atoms with van der Waals surface area (Å²) in [5.74, 6) is -1.17. The molecule has 1 aliphatic rings. The summed E-state index contributed by atoms with van der Waals surface area (Å²) in [6.07, 6.45) is 1.08. The Morgan fingerprint density at radius 1 is 1.07 bits per heavy atom. The summed E-state index contributed by atoms with van der Waals surface area (Å²) < 4.78 is 53.8. The van der Waals surface area contributed by atoms with Crippen molar-refractivity contribution in [1.29, 1.82) is 0 Å². The predicted molar refractivity (Wildman–Crippen MR) is 106 cm³/mol. The van der Waals surface area contributed by atoms with E-state index in [9.17, 15) is 22.0 Å². The first-order valence-corrected chi connectivity index (χ1v) is 10.8. The van der Waals surface area contributed by atoms with Gasteiger partial charge in [0.1, 0.15) is 11.6 Å². The van der Waals surface area contributed by atoms with Crippen molar-refractivity contribution in [2.24, 2.45) is 0 Å². The maximum absolute atomic E-state index is 13.3. The number of halogens is 2. The number of hydrogen-bond donors (Lipinski definition) is 2. The first-order chi connectivity index (χ1) is 13.7. The Labute approximate surface area is 169 Å². The molecule has 1 unspecified atom stereocenters. The monoisotopic (exact) mass is 423 g/mol. The molecule has 3 rings (SSSR count). The van der Waals surface area contributed by atoms with Crippen molar-refractivity contribution in [3.8, 4) is 0 Å². The van der Waals surface area contributed by atoms with Gasteiger partial charge in [0.2, 0.25) is 15.9 Å². The number of sulfonamides is 1. The number of rotatable bonds is 6. The molecule has 29 heavy (non-hydrogen) atoms. The van der Waals surface area contributed by atoms with Crippen LogP contribution >= 0.6 is 0 Å². The summed E-state index contributed by atoms with van der Waals surface area (Å²) in [6, 6.07) is 9.66. The number of nitrogens with zero attached hydrogens (tertiary/aromatic N) is 1. The molecule has 0 aromatic heterocycles. The highest BCUT2D eigenvalue weighted by Crippen LogP contribution is 2.18. The van der Waals surface area contributed by atoms with Gasteiger partial charge in [0.05, 0.1) is 10.9 Å². The van der Waals surface area contributed by atoms with Crippen molar-refractivity contribution < 1.29 is 22.0 Å². The van der Waals surface area contributed by atoms with Crippen molar-refractivity contribution in [2.75, 3.05) is 18.4 Å². The van der Waals surface area contributed by atoms with E-state index in [4.69, 9.17) is 0 Å². The smallest absolute Gasteiger partial charge is 0.241 e. The highest BCUT2D eigenvalue weighted by molar-refractivity contribution is 7.89. The van der Waals surface area contributed by atoms with E-state index >= 15 is 0 Å². The Hall–Kier alpha value is -2.36. The lowest BCUT2D eigenvalue weighted by Gasteiger charge is -2.35. The molecular formula is C20H23F2N3O3S. The van der Waals surface area contributed by atoms with Crippen LogP contribution in [0.4, 0.5) is 14.5 Å². The second kappa shape index (κ2) is 8.98. The number of likely N-dealkylation sites (tertiary alicyclic amines) is 1. The topological polar surface area (TPSA) is 78.5 Å². The number of hydrogen-bond acceptors (Lipinski definition) is 4. The summed E-state index contributed by atoms with van der Waals surface area (Å²) in [5.41, 5.74) is 0.392. The second-order valence-electron chi connectivity index (χ2n) is 7.06. The zero-order valence-electron chi connectivity index (χ0n) is 15.9. The molecule has 2 N–H and O–H groups in total. The molecule has 2 aromatic carbocycles. The van der Waals surface area contributed by atoms with E-state index in [2.05, 4.69) is 10.0 Å². The predicted octanol–water partition coefficient (Wildman–Crippen LogP) is 2.73. The fourth-order valence-corrected chi connectivity index (χ4v) is 4.59. The van der Waals surface area contributed by atoms with Crippen LogP contribution in [0.5, 0.6) is 0 Å². The van der Waals surface area contributed by atoms with Crippen LogP contribution in [0.3, 0.4) is 0 Å². The van der Waals surface area contributed by atoms with Crippen LogP contribution in [0.1, 0.15) is 19.8 Å². The molecule has 9 heteroatoms. The van der Waals surface area contributed by atoms with Crippen LogP contribution in [0.15, 0.2) is 53.4 Å². The van der Waals surface area contributed by atoms with Gasteiger partial charge in [-0.25, -0.2) is 21.9 Å². The third-order valence-corrected chi connectivity index (χ3v) is 6.53. The van der Waals surface area contributed by atoms with Crippen molar-refractivity contribution in [1.82, 2.24) is 9.62 Å². The van der Waals surface area contributed by atoms with Gasteiger partial charge in [-0.15, -0.1) is 0 Å². The molecule has 1 amide bonds. The first-order valence-electron chi connectivity index (χ1n) is 9.33. The highest BCUT2D eigenvalue weighted by atomic mass is 32.2. The van der Waals surface area contributed by atoms with E-state index in [1.165, 1.54) is 30.3 Å². The van der Waals surface area contributed by atoms with Gasteiger partial charge in [-0.3, -0.25) is 9.69 Å². The molecule has 1 saturated heterocycles. The quantitative estimate of drug-likeness (QED) is 0.749. The van der Waals surface area contributed by atoms with Gasteiger partial charge in [0.15, 0.2) is 0 Å². The third-order valence-electron chi connectivity index (χ3n) is 4.99. The number of nitrogens with one attached hydrogen (secondary N) is 2. The van der Waals surface area contributed by atoms with Crippen LogP contribution in [0.2, 0.25) is 0 Å². The Morgan fingerprint density at radius 3 is 2.34 bits per heavy atom. The Bertz CT molecular complexity index is 959. The minimum absolute atomic E-state index is 0.0177. The standard InChI is InChI=1S/C20H23F2N3O3S/c1-14(20(26)23-18-4-2-3-16(22)13-18)25-11-9-17(10-12-25)24-29(27,28)19-7-5-15(21)6-8-19/h2-8,13-14,17,24H,9-12H2,1H3,(H,23,26). The van der Waals surface area contributed by atoms with Crippen LogP contribution in [-0.4, -0.2) is 44.4 Å². The molecule has 1 atom stereocenters. The van der Waals surface area contributed by atoms with Gasteiger partial charge in [0, 0.05) is 24.8 Å². The van der Waals surface area contributed by atoms with E-state index in [1.807, 2.05) is 4.90 Å². The van der Waals surface area contributed by atoms with E-state index in [0.717, 1.165) is 12.1 Å². The van der Waals surface area contributed by atoms with Gasteiger partial charge >= 0.3 is 0 Å². The summed E-state index contributed by atoms with van der Waals surface area (Å²) >= 11 is 0. The molecule has 1 fully saturated rings. The number of carbonyl (C=O) groups excluding carboxylic acids is 1. The molecule has 1 aliphatic heterocycles. The molecule has 0 spiro atoms. The maximum atomic E-state index is 13.3. The molecule has 156 valence electrons. The summed E-state index contributed by atoms with van der Waals surface area (Å²) in [5, 5.41) is 2.69. The SMILES string of the molecule is CC(C(=O)Nc1cccc(F)c1)N1CCC(NS(=O)(=O)c2ccc(F)cc2)CC1. The van der Waals surface area contributed by atoms with Crippen LogP contribution in [0, 0.1) is 11.6 Å². The summed E-state index contributed by atoms with van der Waals surface area (Å²) in [7, 11) is -3.73. The number of anilines is 1. The van der Waals surface area contributed by atoms with Gasteiger partial charge < -0.3 is 5.32 Å². The normalized spacial score (nSPS) is 17.1. The minimum atomic E-state index is -3.73. The Morgan fingerprint density at radius 2 is 1.72 bits per heavy atom. The average molecular weight is 423 g/mol. The first kappa shape index (κ1) is 21.4. The van der Waals surface area contributed by atoms with Crippen LogP contribution in [-0.2, 0) is 14.8 Å². The van der Waals surface area contributed by atoms with Crippen molar-refractivity contribution >= 4 is 21.6 Å². The molecule has 0 radical (unpaired) electrons. The minimum Gasteiger partial charge on any atom is -0.325 e. The van der Waals surface area contributed by atoms with Crippen molar-refractivity contribution in [3.05, 3.63) is 60.2 Å². The lowest BCUT2D eigenvalue weighted by Crippen LogP contribution is -2.50. The number of benzene rings is 2. The lowest BCUT2D eigenvalue weighted by molar-refractivity contribution is -0.121. The van der Waals surface area contributed by atoms with Gasteiger partial charge in [-0.1, -0.05) is 6.07 Å². The molecular weight excluding hydrogens is 400 g/mol.